The molecule has 1 unspecified atom stereocenters. The summed E-state index contributed by atoms with van der Waals surface area (Å²) in [6.45, 7) is 8.45. The molecule has 1 atom stereocenters. The molecule has 3 nitrogen and oxygen atoms in total. The minimum atomic E-state index is 0.690. The largest absolute Gasteiger partial charge is 0.383 e. The first kappa shape index (κ1) is 15.3. The lowest BCUT2D eigenvalue weighted by Gasteiger charge is -2.31. The Balaban J connectivity index is 2.07. The Morgan fingerprint density at radius 1 is 1.35 bits per heavy atom. The van der Waals surface area contributed by atoms with E-state index in [-0.39, 0.29) is 0 Å². The maximum atomic E-state index is 5.09. The standard InChI is InChI=1S/C17H28N2O/c1-14(2)16-9-6-11-19(16)17-8-5-4-7-15(17)13-18-10-12-20-3/h4-5,7-8,14,16,18H,6,9-13H2,1-3H3. The number of hydrogen-bond donors (Lipinski definition) is 1. The second-order valence-corrected chi connectivity index (χ2v) is 5.95. The molecule has 20 heavy (non-hydrogen) atoms. The van der Waals surface area contributed by atoms with Gasteiger partial charge in [0.15, 0.2) is 0 Å². The van der Waals surface area contributed by atoms with E-state index in [1.165, 1.54) is 30.6 Å². The molecule has 1 N–H and O–H groups in total. The summed E-state index contributed by atoms with van der Waals surface area (Å²) < 4.78 is 5.09. The maximum absolute atomic E-state index is 5.09. The van der Waals surface area contributed by atoms with Gasteiger partial charge in [0.2, 0.25) is 0 Å². The van der Waals surface area contributed by atoms with Crippen molar-refractivity contribution in [1.82, 2.24) is 5.32 Å². The van der Waals surface area contributed by atoms with E-state index >= 15 is 0 Å². The molecule has 112 valence electrons. The average molecular weight is 276 g/mol. The zero-order chi connectivity index (χ0) is 14.4. The average Bonchev–Trinajstić information content (AvgIpc) is 2.93. The summed E-state index contributed by atoms with van der Waals surface area (Å²) in [5.41, 5.74) is 2.81. The lowest BCUT2D eigenvalue weighted by atomic mass is 10.0. The highest BCUT2D eigenvalue weighted by Gasteiger charge is 2.28. The van der Waals surface area contributed by atoms with Gasteiger partial charge in [0.05, 0.1) is 6.61 Å². The predicted molar refractivity (Wildman–Crippen MR) is 85.2 cm³/mol. The topological polar surface area (TPSA) is 24.5 Å². The van der Waals surface area contributed by atoms with Crippen LogP contribution < -0.4 is 10.2 Å². The molecule has 1 aliphatic rings. The van der Waals surface area contributed by atoms with Crippen LogP contribution in [0.25, 0.3) is 0 Å². The van der Waals surface area contributed by atoms with E-state index in [0.29, 0.717) is 12.0 Å². The highest BCUT2D eigenvalue weighted by Crippen LogP contribution is 2.31. The summed E-state index contributed by atoms with van der Waals surface area (Å²) in [5, 5.41) is 3.46. The minimum Gasteiger partial charge on any atom is -0.383 e. The van der Waals surface area contributed by atoms with Crippen LogP contribution in [0.5, 0.6) is 0 Å². The van der Waals surface area contributed by atoms with Gasteiger partial charge in [0, 0.05) is 38.5 Å². The van der Waals surface area contributed by atoms with Crippen LogP contribution in [0.2, 0.25) is 0 Å². The SMILES string of the molecule is COCCNCc1ccccc1N1CCCC1C(C)C. The second kappa shape index (κ2) is 7.65. The third kappa shape index (κ3) is 3.74. The Morgan fingerprint density at radius 2 is 2.15 bits per heavy atom. The van der Waals surface area contributed by atoms with Crippen molar-refractivity contribution >= 4 is 5.69 Å². The molecule has 1 saturated heterocycles. The van der Waals surface area contributed by atoms with Crippen LogP contribution in [-0.2, 0) is 11.3 Å². The quantitative estimate of drug-likeness (QED) is 0.775. The van der Waals surface area contributed by atoms with Gasteiger partial charge < -0.3 is 15.0 Å². The number of methoxy groups -OCH3 is 1. The first-order chi connectivity index (χ1) is 9.74. The number of benzene rings is 1. The van der Waals surface area contributed by atoms with Crippen LogP contribution in [0, 0.1) is 5.92 Å². The molecular formula is C17H28N2O. The second-order valence-electron chi connectivity index (χ2n) is 5.95. The normalized spacial score (nSPS) is 19.0. The Labute approximate surface area is 123 Å². The third-order valence-electron chi connectivity index (χ3n) is 4.17. The fraction of sp³-hybridized carbons (Fsp3) is 0.647. The van der Waals surface area contributed by atoms with Crippen LogP contribution in [0.15, 0.2) is 24.3 Å². The lowest BCUT2D eigenvalue weighted by molar-refractivity contribution is 0.199. The van der Waals surface area contributed by atoms with E-state index in [4.69, 9.17) is 4.74 Å². The minimum absolute atomic E-state index is 0.690. The van der Waals surface area contributed by atoms with Crippen molar-refractivity contribution in [3.63, 3.8) is 0 Å². The monoisotopic (exact) mass is 276 g/mol. The molecule has 1 heterocycles. The van der Waals surface area contributed by atoms with Gasteiger partial charge in [-0.05, 0) is 30.4 Å². The van der Waals surface area contributed by atoms with E-state index in [0.717, 1.165) is 19.7 Å². The molecule has 1 aromatic carbocycles. The summed E-state index contributed by atoms with van der Waals surface area (Å²) in [7, 11) is 1.74. The van der Waals surface area contributed by atoms with Gasteiger partial charge in [-0.2, -0.15) is 0 Å². The van der Waals surface area contributed by atoms with Gasteiger partial charge in [0.25, 0.3) is 0 Å². The Kier molecular flexibility index (Phi) is 5.86. The molecule has 0 radical (unpaired) electrons. The zero-order valence-electron chi connectivity index (χ0n) is 13.1. The Bertz CT molecular complexity index is 406. The van der Waals surface area contributed by atoms with Gasteiger partial charge in [-0.25, -0.2) is 0 Å². The molecule has 0 spiro atoms. The number of ether oxygens (including phenoxy) is 1. The van der Waals surface area contributed by atoms with Crippen molar-refractivity contribution in [1.29, 1.82) is 0 Å². The fourth-order valence-corrected chi connectivity index (χ4v) is 3.12. The van der Waals surface area contributed by atoms with E-state index < -0.39 is 0 Å². The molecule has 3 heteroatoms. The molecule has 0 amide bonds. The van der Waals surface area contributed by atoms with Crippen molar-refractivity contribution in [2.75, 3.05) is 31.7 Å². The smallest absolute Gasteiger partial charge is 0.0587 e. The van der Waals surface area contributed by atoms with Gasteiger partial charge in [-0.3, -0.25) is 0 Å². The fourth-order valence-electron chi connectivity index (χ4n) is 3.12. The molecule has 0 aromatic heterocycles. The highest BCUT2D eigenvalue weighted by atomic mass is 16.5. The number of nitrogens with one attached hydrogen (secondary N) is 1. The van der Waals surface area contributed by atoms with Crippen molar-refractivity contribution in [2.45, 2.75) is 39.3 Å². The van der Waals surface area contributed by atoms with Crippen LogP contribution in [0.3, 0.4) is 0 Å². The molecule has 1 aromatic rings. The van der Waals surface area contributed by atoms with E-state index in [9.17, 15) is 0 Å². The first-order valence-corrected chi connectivity index (χ1v) is 7.78. The molecule has 0 aliphatic carbocycles. The van der Waals surface area contributed by atoms with E-state index in [1.807, 2.05) is 0 Å². The molecular weight excluding hydrogens is 248 g/mol. The lowest BCUT2D eigenvalue weighted by Crippen LogP contribution is -2.34. The summed E-state index contributed by atoms with van der Waals surface area (Å²) in [6, 6.07) is 9.50. The summed E-state index contributed by atoms with van der Waals surface area (Å²) in [6.07, 6.45) is 2.64. The maximum Gasteiger partial charge on any atom is 0.0587 e. The van der Waals surface area contributed by atoms with Gasteiger partial charge in [0.1, 0.15) is 0 Å². The predicted octanol–water partition coefficient (Wildman–Crippen LogP) is 3.05. The summed E-state index contributed by atoms with van der Waals surface area (Å²) >= 11 is 0. The van der Waals surface area contributed by atoms with Crippen LogP contribution in [0.1, 0.15) is 32.3 Å². The molecule has 1 aliphatic heterocycles. The zero-order valence-corrected chi connectivity index (χ0v) is 13.1. The first-order valence-electron chi connectivity index (χ1n) is 7.78. The Hall–Kier alpha value is -1.06. The number of para-hydroxylation sites is 1. The van der Waals surface area contributed by atoms with Crippen LogP contribution in [0.4, 0.5) is 5.69 Å². The van der Waals surface area contributed by atoms with Crippen LogP contribution >= 0.6 is 0 Å². The van der Waals surface area contributed by atoms with Crippen molar-refractivity contribution < 1.29 is 4.74 Å². The molecule has 2 rings (SSSR count). The molecule has 0 bridgehead atoms. The van der Waals surface area contributed by atoms with Crippen molar-refractivity contribution in [3.05, 3.63) is 29.8 Å². The number of anilines is 1. The van der Waals surface area contributed by atoms with E-state index in [1.54, 1.807) is 7.11 Å². The number of hydrogen-bond acceptors (Lipinski definition) is 3. The highest BCUT2D eigenvalue weighted by molar-refractivity contribution is 5.55. The Morgan fingerprint density at radius 3 is 2.90 bits per heavy atom. The van der Waals surface area contributed by atoms with Crippen LogP contribution in [-0.4, -0.2) is 32.8 Å². The number of nitrogens with zero attached hydrogens (tertiary/aromatic N) is 1. The molecule has 1 fully saturated rings. The summed E-state index contributed by atoms with van der Waals surface area (Å²) in [4.78, 5) is 2.61. The van der Waals surface area contributed by atoms with Crippen molar-refractivity contribution in [2.24, 2.45) is 5.92 Å². The van der Waals surface area contributed by atoms with Gasteiger partial charge >= 0.3 is 0 Å². The number of rotatable bonds is 7. The summed E-state index contributed by atoms with van der Waals surface area (Å²) in [5.74, 6) is 0.715. The van der Waals surface area contributed by atoms with Crippen molar-refractivity contribution in [3.8, 4) is 0 Å². The van der Waals surface area contributed by atoms with Gasteiger partial charge in [-0.15, -0.1) is 0 Å². The van der Waals surface area contributed by atoms with E-state index in [2.05, 4.69) is 48.3 Å². The van der Waals surface area contributed by atoms with Gasteiger partial charge in [-0.1, -0.05) is 32.0 Å². The molecule has 0 saturated carbocycles. The third-order valence-corrected chi connectivity index (χ3v) is 4.17.